The summed E-state index contributed by atoms with van der Waals surface area (Å²) in [6.45, 7) is 4.23. The number of fused-ring (bicyclic) bond motifs is 1. The van der Waals surface area contributed by atoms with Crippen LogP contribution in [0.15, 0.2) is 30.5 Å². The van der Waals surface area contributed by atoms with E-state index in [1.165, 1.54) is 0 Å². The first kappa shape index (κ1) is 10.7. The maximum Gasteiger partial charge on any atom is 0.307 e. The fourth-order valence-corrected chi connectivity index (χ4v) is 1.93. The number of carbonyl (C=O) groups is 1. The van der Waals surface area contributed by atoms with Gasteiger partial charge in [0.1, 0.15) is 0 Å². The summed E-state index contributed by atoms with van der Waals surface area (Å²) in [7, 11) is 0. The van der Waals surface area contributed by atoms with Gasteiger partial charge in [0.15, 0.2) is 0 Å². The lowest BCUT2D eigenvalue weighted by Crippen LogP contribution is -2.01. The van der Waals surface area contributed by atoms with Crippen molar-refractivity contribution in [3.63, 3.8) is 0 Å². The molecule has 2 rings (SSSR count). The van der Waals surface area contributed by atoms with E-state index in [0.717, 1.165) is 16.5 Å². The lowest BCUT2D eigenvalue weighted by Gasteiger charge is -2.09. The number of nitrogens with zero attached hydrogens (tertiary/aromatic N) is 1. The second kappa shape index (κ2) is 4.00. The molecule has 0 radical (unpaired) electrons. The van der Waals surface area contributed by atoms with Gasteiger partial charge in [-0.25, -0.2) is 0 Å². The van der Waals surface area contributed by atoms with E-state index in [1.807, 2.05) is 24.4 Å². The van der Waals surface area contributed by atoms with E-state index in [4.69, 9.17) is 5.11 Å². The van der Waals surface area contributed by atoms with Gasteiger partial charge in [-0.3, -0.25) is 4.79 Å². The summed E-state index contributed by atoms with van der Waals surface area (Å²) in [5, 5.41) is 9.92. The maximum absolute atomic E-state index is 10.7. The highest BCUT2D eigenvalue weighted by Crippen LogP contribution is 2.21. The molecule has 0 fully saturated rings. The highest BCUT2D eigenvalue weighted by atomic mass is 16.4. The number of benzene rings is 1. The molecule has 1 aromatic carbocycles. The Hall–Kier alpha value is -1.77. The summed E-state index contributed by atoms with van der Waals surface area (Å²) in [5.41, 5.74) is 1.95. The molecule has 1 heterocycles. The Morgan fingerprint density at radius 3 is 2.75 bits per heavy atom. The molecule has 16 heavy (non-hydrogen) atoms. The van der Waals surface area contributed by atoms with Gasteiger partial charge in [0.05, 0.1) is 6.42 Å². The van der Waals surface area contributed by atoms with Crippen molar-refractivity contribution in [1.29, 1.82) is 0 Å². The van der Waals surface area contributed by atoms with E-state index in [1.54, 1.807) is 0 Å². The molecule has 0 bridgehead atoms. The quantitative estimate of drug-likeness (QED) is 0.859. The minimum Gasteiger partial charge on any atom is -0.481 e. The van der Waals surface area contributed by atoms with Crippen molar-refractivity contribution in [2.75, 3.05) is 0 Å². The van der Waals surface area contributed by atoms with Crippen LogP contribution in [-0.4, -0.2) is 15.6 Å². The predicted octanol–water partition coefficient (Wildman–Crippen LogP) is 2.85. The molecule has 0 atom stereocenters. The zero-order valence-corrected chi connectivity index (χ0v) is 9.47. The second-order valence-electron chi connectivity index (χ2n) is 4.28. The van der Waals surface area contributed by atoms with Crippen LogP contribution in [0.3, 0.4) is 0 Å². The Bertz CT molecular complexity index is 526. The van der Waals surface area contributed by atoms with Gasteiger partial charge < -0.3 is 9.67 Å². The number of hydrogen-bond donors (Lipinski definition) is 1. The first-order chi connectivity index (χ1) is 7.58. The molecule has 1 aromatic heterocycles. The second-order valence-corrected chi connectivity index (χ2v) is 4.28. The lowest BCUT2D eigenvalue weighted by molar-refractivity contribution is -0.136. The van der Waals surface area contributed by atoms with E-state index in [-0.39, 0.29) is 6.42 Å². The van der Waals surface area contributed by atoms with Crippen LogP contribution < -0.4 is 0 Å². The Labute approximate surface area is 94.3 Å². The summed E-state index contributed by atoms with van der Waals surface area (Å²) in [6, 6.07) is 8.26. The number of aliphatic carboxylic acids is 1. The summed E-state index contributed by atoms with van der Waals surface area (Å²) < 4.78 is 2.15. The summed E-state index contributed by atoms with van der Waals surface area (Å²) in [4.78, 5) is 10.7. The molecule has 0 saturated carbocycles. The van der Waals surface area contributed by atoms with Crippen LogP contribution in [0.5, 0.6) is 0 Å². The fraction of sp³-hybridized carbons (Fsp3) is 0.308. The zero-order valence-electron chi connectivity index (χ0n) is 9.47. The normalized spacial score (nSPS) is 11.2. The molecular formula is C13H15NO2. The van der Waals surface area contributed by atoms with E-state index in [0.29, 0.717) is 6.04 Å². The number of carboxylic acids is 1. The first-order valence-electron chi connectivity index (χ1n) is 5.39. The van der Waals surface area contributed by atoms with Crippen LogP contribution in [0, 0.1) is 0 Å². The molecule has 0 saturated heterocycles. The Morgan fingerprint density at radius 1 is 1.38 bits per heavy atom. The van der Waals surface area contributed by atoms with Gasteiger partial charge in [0.25, 0.3) is 0 Å². The summed E-state index contributed by atoms with van der Waals surface area (Å²) >= 11 is 0. The van der Waals surface area contributed by atoms with Gasteiger partial charge in [-0.2, -0.15) is 0 Å². The number of carboxylic acid groups (broad SMARTS) is 1. The van der Waals surface area contributed by atoms with Crippen molar-refractivity contribution in [3.05, 3.63) is 36.0 Å². The molecule has 0 spiro atoms. The Morgan fingerprint density at radius 2 is 2.12 bits per heavy atom. The van der Waals surface area contributed by atoms with Crippen molar-refractivity contribution in [3.8, 4) is 0 Å². The van der Waals surface area contributed by atoms with Crippen molar-refractivity contribution >= 4 is 16.9 Å². The first-order valence-corrected chi connectivity index (χ1v) is 5.39. The minimum atomic E-state index is -0.790. The van der Waals surface area contributed by atoms with Crippen molar-refractivity contribution in [2.45, 2.75) is 26.3 Å². The van der Waals surface area contributed by atoms with Crippen LogP contribution in [0.4, 0.5) is 0 Å². The van der Waals surface area contributed by atoms with Crippen LogP contribution >= 0.6 is 0 Å². The average molecular weight is 217 g/mol. The summed E-state index contributed by atoms with van der Waals surface area (Å²) in [5.74, 6) is -0.790. The van der Waals surface area contributed by atoms with E-state index < -0.39 is 5.97 Å². The highest BCUT2D eigenvalue weighted by Gasteiger charge is 2.06. The molecule has 0 aliphatic heterocycles. The molecule has 84 valence electrons. The minimum absolute atomic E-state index is 0.0826. The maximum atomic E-state index is 10.7. The van der Waals surface area contributed by atoms with Gasteiger partial charge in [-0.1, -0.05) is 12.1 Å². The topological polar surface area (TPSA) is 42.2 Å². The van der Waals surface area contributed by atoms with Gasteiger partial charge >= 0.3 is 5.97 Å². The molecule has 0 aliphatic rings. The molecule has 0 amide bonds. The van der Waals surface area contributed by atoms with E-state index >= 15 is 0 Å². The van der Waals surface area contributed by atoms with E-state index in [9.17, 15) is 4.79 Å². The lowest BCUT2D eigenvalue weighted by atomic mass is 10.1. The van der Waals surface area contributed by atoms with Crippen LogP contribution in [0.1, 0.15) is 25.5 Å². The number of aromatic nitrogens is 1. The molecule has 0 aliphatic carbocycles. The number of rotatable bonds is 3. The van der Waals surface area contributed by atoms with E-state index in [2.05, 4.69) is 24.5 Å². The van der Waals surface area contributed by atoms with Gasteiger partial charge in [-0.15, -0.1) is 0 Å². The molecule has 0 unspecified atom stereocenters. The number of hydrogen-bond acceptors (Lipinski definition) is 1. The van der Waals surface area contributed by atoms with Crippen LogP contribution in [0.25, 0.3) is 10.9 Å². The molecule has 3 nitrogen and oxygen atoms in total. The van der Waals surface area contributed by atoms with Crippen molar-refractivity contribution in [1.82, 2.24) is 4.57 Å². The molecule has 1 N–H and O–H groups in total. The fourth-order valence-electron chi connectivity index (χ4n) is 1.93. The molecular weight excluding hydrogens is 202 g/mol. The third-order valence-corrected chi connectivity index (χ3v) is 2.70. The smallest absolute Gasteiger partial charge is 0.307 e. The third kappa shape index (κ3) is 1.94. The standard InChI is InChI=1S/C13H15NO2/c1-9(2)14-6-5-11-4-3-10(7-12(11)14)8-13(15)16/h3-7,9H,8H2,1-2H3,(H,15,16). The SMILES string of the molecule is CC(C)n1ccc2ccc(CC(=O)O)cc21. The zero-order chi connectivity index (χ0) is 11.7. The average Bonchev–Trinajstić information content (AvgIpc) is 2.59. The Balaban J connectivity index is 2.50. The van der Waals surface area contributed by atoms with Gasteiger partial charge in [-0.05, 0) is 36.9 Å². The summed E-state index contributed by atoms with van der Waals surface area (Å²) in [6.07, 6.45) is 2.12. The molecule has 2 aromatic rings. The van der Waals surface area contributed by atoms with Gasteiger partial charge in [0, 0.05) is 17.8 Å². The highest BCUT2D eigenvalue weighted by molar-refractivity contribution is 5.82. The third-order valence-electron chi connectivity index (χ3n) is 2.70. The monoisotopic (exact) mass is 217 g/mol. The van der Waals surface area contributed by atoms with Crippen LogP contribution in [0.2, 0.25) is 0 Å². The largest absolute Gasteiger partial charge is 0.481 e. The Kier molecular flexibility index (Phi) is 2.69. The van der Waals surface area contributed by atoms with Crippen molar-refractivity contribution in [2.24, 2.45) is 0 Å². The molecule has 3 heteroatoms. The predicted molar refractivity (Wildman–Crippen MR) is 63.7 cm³/mol. The van der Waals surface area contributed by atoms with Crippen molar-refractivity contribution < 1.29 is 9.90 Å². The van der Waals surface area contributed by atoms with Gasteiger partial charge in [0.2, 0.25) is 0 Å². The van der Waals surface area contributed by atoms with Crippen LogP contribution in [-0.2, 0) is 11.2 Å².